The second kappa shape index (κ2) is 14.3. The van der Waals surface area contributed by atoms with Crippen LogP contribution in [0.3, 0.4) is 0 Å². The molecular weight excluding hydrogens is 584 g/mol. The Kier molecular flexibility index (Phi) is 10.9. The van der Waals surface area contributed by atoms with Crippen molar-refractivity contribution < 1.29 is 32.6 Å². The minimum Gasteiger partial charge on any atom is -0.454 e. The molecule has 0 spiro atoms. The summed E-state index contributed by atoms with van der Waals surface area (Å²) >= 11 is 0. The molecule has 44 heavy (non-hydrogen) atoms. The summed E-state index contributed by atoms with van der Waals surface area (Å²) in [5.74, 6) is 0.0778. The highest BCUT2D eigenvalue weighted by atomic mass is 32.2. The predicted molar refractivity (Wildman–Crippen MR) is 167 cm³/mol. The fraction of sp³-hybridized carbons (Fsp3) is 0.562. The van der Waals surface area contributed by atoms with E-state index in [1.807, 2.05) is 65.0 Å². The summed E-state index contributed by atoms with van der Waals surface area (Å²) in [6, 6.07) is 11.7. The zero-order valence-electron chi connectivity index (χ0n) is 26.2. The maximum absolute atomic E-state index is 13.9. The Balaban J connectivity index is 1.58. The van der Waals surface area contributed by atoms with E-state index in [0.29, 0.717) is 17.9 Å². The van der Waals surface area contributed by atoms with E-state index in [1.54, 1.807) is 6.07 Å². The van der Waals surface area contributed by atoms with Crippen molar-refractivity contribution in [2.45, 2.75) is 83.0 Å². The number of hydrogen-bond donors (Lipinski definition) is 4. The maximum atomic E-state index is 13.9. The highest BCUT2D eigenvalue weighted by molar-refractivity contribution is 7.89. The number of ether oxygens (including phenoxy) is 2. The number of aliphatic hydroxyl groups excluding tert-OH is 1. The van der Waals surface area contributed by atoms with Crippen LogP contribution in [-0.4, -0.2) is 80.3 Å². The normalized spacial score (nSPS) is 18.7. The standard InChI is InChI=1S/C32H46N4O7S/c1-21(2)18-36(44(40,41)23-13-14-27-28(17-23)43-20-42-27)19-26(37)25(16-22-10-7-6-8-11-22)34-31(39)29(32(3,4)5)35-30(38)24-12-9-15-33-24/h6-8,10-11,13-14,17,21,24-26,29,33,37H,9,12,15-16,18-20H2,1-5H3,(H,34,39)(H,35,38)/t24-,25-,26+,29+/m0/s1. The quantitative estimate of drug-likeness (QED) is 0.264. The van der Waals surface area contributed by atoms with Crippen LogP contribution in [0.5, 0.6) is 11.5 Å². The van der Waals surface area contributed by atoms with Gasteiger partial charge in [0, 0.05) is 19.2 Å². The average molecular weight is 631 g/mol. The number of nitrogens with one attached hydrogen (secondary N) is 3. The Bertz CT molecular complexity index is 1390. The smallest absolute Gasteiger partial charge is 0.243 e. The monoisotopic (exact) mass is 630 g/mol. The van der Waals surface area contributed by atoms with Crippen molar-refractivity contribution in [1.82, 2.24) is 20.3 Å². The van der Waals surface area contributed by atoms with Gasteiger partial charge in [0.1, 0.15) is 6.04 Å². The van der Waals surface area contributed by atoms with Gasteiger partial charge in [-0.15, -0.1) is 0 Å². The zero-order chi connectivity index (χ0) is 32.1. The van der Waals surface area contributed by atoms with E-state index in [9.17, 15) is 23.1 Å². The second-order valence-corrected chi connectivity index (χ2v) is 15.0. The van der Waals surface area contributed by atoms with Gasteiger partial charge in [-0.3, -0.25) is 9.59 Å². The van der Waals surface area contributed by atoms with Crippen LogP contribution in [0.4, 0.5) is 0 Å². The molecular formula is C32H46N4O7S. The Morgan fingerprint density at radius 3 is 2.39 bits per heavy atom. The molecule has 2 amide bonds. The molecule has 0 radical (unpaired) electrons. The van der Waals surface area contributed by atoms with Gasteiger partial charge in [0.25, 0.3) is 0 Å². The number of nitrogens with zero attached hydrogens (tertiary/aromatic N) is 1. The van der Waals surface area contributed by atoms with Crippen molar-refractivity contribution in [3.8, 4) is 11.5 Å². The van der Waals surface area contributed by atoms with Crippen LogP contribution >= 0.6 is 0 Å². The minimum atomic E-state index is -4.05. The number of sulfonamides is 1. The largest absolute Gasteiger partial charge is 0.454 e. The third-order valence-corrected chi connectivity index (χ3v) is 9.65. The van der Waals surface area contributed by atoms with E-state index in [-0.39, 0.29) is 49.1 Å². The van der Waals surface area contributed by atoms with Crippen molar-refractivity contribution in [3.05, 3.63) is 54.1 Å². The Morgan fingerprint density at radius 1 is 1.05 bits per heavy atom. The molecule has 12 heteroatoms. The molecule has 4 atom stereocenters. The van der Waals surface area contributed by atoms with Crippen LogP contribution in [0.15, 0.2) is 53.4 Å². The van der Waals surface area contributed by atoms with Gasteiger partial charge in [-0.1, -0.05) is 65.0 Å². The van der Waals surface area contributed by atoms with E-state index in [0.717, 1.165) is 18.5 Å². The van der Waals surface area contributed by atoms with Crippen LogP contribution in [0.2, 0.25) is 0 Å². The number of carbonyl (C=O) groups excluding carboxylic acids is 2. The number of benzene rings is 2. The lowest BCUT2D eigenvalue weighted by Crippen LogP contribution is -2.60. The lowest BCUT2D eigenvalue weighted by Gasteiger charge is -2.35. The molecule has 2 aromatic rings. The van der Waals surface area contributed by atoms with E-state index in [1.165, 1.54) is 16.4 Å². The first-order valence-electron chi connectivity index (χ1n) is 15.2. The second-order valence-electron chi connectivity index (χ2n) is 13.1. The zero-order valence-corrected chi connectivity index (χ0v) is 27.0. The lowest BCUT2D eigenvalue weighted by molar-refractivity contribution is -0.133. The summed E-state index contributed by atoms with van der Waals surface area (Å²) in [4.78, 5) is 26.8. The summed E-state index contributed by atoms with van der Waals surface area (Å²) in [5.41, 5.74) is 0.227. The molecule has 2 aliphatic rings. The highest BCUT2D eigenvalue weighted by Gasteiger charge is 2.38. The molecule has 0 saturated carbocycles. The number of fused-ring (bicyclic) bond motifs is 1. The van der Waals surface area contributed by atoms with Crippen LogP contribution in [0, 0.1) is 11.3 Å². The van der Waals surface area contributed by atoms with Gasteiger partial charge in [0.2, 0.25) is 28.6 Å². The summed E-state index contributed by atoms with van der Waals surface area (Å²) in [6.07, 6.45) is 0.568. The predicted octanol–water partition coefficient (Wildman–Crippen LogP) is 2.43. The van der Waals surface area contributed by atoms with Crippen LogP contribution in [0.1, 0.15) is 53.0 Å². The molecule has 2 aliphatic heterocycles. The molecule has 1 saturated heterocycles. The van der Waals surface area contributed by atoms with Gasteiger partial charge in [0.05, 0.1) is 23.1 Å². The van der Waals surface area contributed by atoms with Crippen LogP contribution in [-0.2, 0) is 26.0 Å². The van der Waals surface area contributed by atoms with Crippen molar-refractivity contribution in [2.24, 2.45) is 11.3 Å². The Hall–Kier alpha value is -3.19. The first-order valence-corrected chi connectivity index (χ1v) is 16.7. The van der Waals surface area contributed by atoms with Crippen molar-refractivity contribution in [2.75, 3.05) is 26.4 Å². The molecule has 0 unspecified atom stereocenters. The van der Waals surface area contributed by atoms with Crippen molar-refractivity contribution in [1.29, 1.82) is 0 Å². The van der Waals surface area contributed by atoms with E-state index < -0.39 is 39.5 Å². The highest BCUT2D eigenvalue weighted by Crippen LogP contribution is 2.35. The molecule has 0 aliphatic carbocycles. The van der Waals surface area contributed by atoms with Gasteiger partial charge in [0.15, 0.2) is 11.5 Å². The van der Waals surface area contributed by atoms with Gasteiger partial charge in [-0.05, 0) is 54.8 Å². The van der Waals surface area contributed by atoms with E-state index in [4.69, 9.17) is 9.47 Å². The number of rotatable bonds is 13. The third-order valence-electron chi connectivity index (χ3n) is 7.82. The first-order chi connectivity index (χ1) is 20.8. The molecule has 0 aromatic heterocycles. The van der Waals surface area contributed by atoms with Crippen LogP contribution in [0.25, 0.3) is 0 Å². The van der Waals surface area contributed by atoms with Gasteiger partial charge in [-0.25, -0.2) is 8.42 Å². The molecule has 2 heterocycles. The Morgan fingerprint density at radius 2 is 1.75 bits per heavy atom. The molecule has 1 fully saturated rings. The fourth-order valence-electron chi connectivity index (χ4n) is 5.44. The number of aliphatic hydroxyl groups is 1. The van der Waals surface area contributed by atoms with Gasteiger partial charge >= 0.3 is 0 Å². The van der Waals surface area contributed by atoms with Crippen LogP contribution < -0.4 is 25.4 Å². The number of carbonyl (C=O) groups is 2. The molecule has 2 aromatic carbocycles. The fourth-order valence-corrected chi connectivity index (χ4v) is 7.08. The van der Waals surface area contributed by atoms with Crippen molar-refractivity contribution in [3.63, 3.8) is 0 Å². The van der Waals surface area contributed by atoms with E-state index in [2.05, 4.69) is 16.0 Å². The first kappa shape index (κ1) is 33.7. The summed E-state index contributed by atoms with van der Waals surface area (Å²) in [6.45, 7) is 10.0. The maximum Gasteiger partial charge on any atom is 0.243 e. The summed E-state index contributed by atoms with van der Waals surface area (Å²) in [5, 5.41) is 20.7. The lowest BCUT2D eigenvalue weighted by atomic mass is 9.85. The molecule has 4 rings (SSSR count). The average Bonchev–Trinajstić information content (AvgIpc) is 3.67. The third kappa shape index (κ3) is 8.50. The summed E-state index contributed by atoms with van der Waals surface area (Å²) < 4.78 is 39.7. The molecule has 0 bridgehead atoms. The molecule has 242 valence electrons. The van der Waals surface area contributed by atoms with Gasteiger partial charge < -0.3 is 30.5 Å². The topological polar surface area (TPSA) is 146 Å². The number of amides is 2. The Labute approximate surface area is 260 Å². The SMILES string of the molecule is CC(C)CN(C[C@@H](O)[C@H](Cc1ccccc1)NC(=O)[C@@H](NC(=O)[C@@H]1CCCN1)C(C)(C)C)S(=O)(=O)c1ccc2c(c1)OCO2. The van der Waals surface area contributed by atoms with Gasteiger partial charge in [-0.2, -0.15) is 4.31 Å². The minimum absolute atomic E-state index is 0.0152. The van der Waals surface area contributed by atoms with Crippen molar-refractivity contribution >= 4 is 21.8 Å². The summed E-state index contributed by atoms with van der Waals surface area (Å²) in [7, 11) is -4.05. The number of hydrogen-bond acceptors (Lipinski definition) is 8. The molecule has 4 N–H and O–H groups in total. The van der Waals surface area contributed by atoms with E-state index >= 15 is 0 Å². The molecule has 11 nitrogen and oxygen atoms in total.